The smallest absolute Gasteiger partial charge is 0.220 e. The number of nitrogens with zero attached hydrogens (tertiary/aromatic N) is 1. The summed E-state index contributed by atoms with van der Waals surface area (Å²) in [4.78, 5) is 15.7. The van der Waals surface area contributed by atoms with Gasteiger partial charge >= 0.3 is 0 Å². The van der Waals surface area contributed by atoms with Crippen LogP contribution in [0.5, 0.6) is 0 Å². The van der Waals surface area contributed by atoms with E-state index in [1.54, 1.807) is 12.4 Å². The lowest BCUT2D eigenvalue weighted by molar-refractivity contribution is -0.121. The van der Waals surface area contributed by atoms with Crippen molar-refractivity contribution in [1.82, 2.24) is 10.3 Å². The van der Waals surface area contributed by atoms with Crippen LogP contribution in [0.2, 0.25) is 0 Å². The number of hydrogen-bond acceptors (Lipinski definition) is 2. The number of nitrogens with one attached hydrogen (secondary N) is 1. The van der Waals surface area contributed by atoms with Gasteiger partial charge in [0.25, 0.3) is 0 Å². The summed E-state index contributed by atoms with van der Waals surface area (Å²) in [6.45, 7) is 0.617. The fraction of sp³-hybridized carbons (Fsp3) is 0.600. The Morgan fingerprint density at radius 2 is 1.89 bits per heavy atom. The largest absolute Gasteiger partial charge is 0.352 e. The van der Waals surface area contributed by atoms with Crippen molar-refractivity contribution in [2.45, 2.75) is 51.5 Å². The van der Waals surface area contributed by atoms with Crippen LogP contribution in [0, 0.1) is 5.92 Å². The van der Waals surface area contributed by atoms with E-state index in [4.69, 9.17) is 0 Å². The molecule has 0 aromatic carbocycles. The lowest BCUT2D eigenvalue weighted by atomic mass is 9.86. The van der Waals surface area contributed by atoms with Crippen LogP contribution in [-0.4, -0.2) is 10.9 Å². The van der Waals surface area contributed by atoms with Gasteiger partial charge in [0.05, 0.1) is 0 Å². The van der Waals surface area contributed by atoms with Crippen LogP contribution in [0.1, 0.15) is 50.5 Å². The Hall–Kier alpha value is -1.09. The summed E-state index contributed by atoms with van der Waals surface area (Å²) >= 11 is 0. The van der Waals surface area contributed by atoms with Gasteiger partial charge in [-0.2, -0.15) is 0 Å². The zero-order chi connectivity index (χ0) is 12.6. The van der Waals surface area contributed by atoms with Crippen LogP contribution in [0.15, 0.2) is 24.5 Å². The average molecular weight is 283 g/mol. The lowest BCUT2D eigenvalue weighted by Gasteiger charge is -2.20. The third-order valence-electron chi connectivity index (χ3n) is 3.74. The van der Waals surface area contributed by atoms with E-state index in [2.05, 4.69) is 10.3 Å². The van der Waals surface area contributed by atoms with Crippen LogP contribution in [0.4, 0.5) is 0 Å². The monoisotopic (exact) mass is 282 g/mol. The molecule has 0 bridgehead atoms. The molecule has 1 amide bonds. The van der Waals surface area contributed by atoms with Gasteiger partial charge in [0.2, 0.25) is 5.91 Å². The van der Waals surface area contributed by atoms with E-state index in [9.17, 15) is 4.79 Å². The van der Waals surface area contributed by atoms with E-state index >= 15 is 0 Å². The minimum absolute atomic E-state index is 0. The van der Waals surface area contributed by atoms with Crippen LogP contribution in [0.25, 0.3) is 0 Å². The summed E-state index contributed by atoms with van der Waals surface area (Å²) in [5, 5.41) is 2.97. The first kappa shape index (κ1) is 16.0. The zero-order valence-corrected chi connectivity index (χ0v) is 12.1. The predicted molar refractivity (Wildman–Crippen MR) is 79.1 cm³/mol. The molecular formula is C15H23ClN2O. The van der Waals surface area contributed by atoms with Gasteiger partial charge < -0.3 is 5.32 Å². The Bertz CT molecular complexity index is 364. The topological polar surface area (TPSA) is 42.0 Å². The van der Waals surface area contributed by atoms with Crippen molar-refractivity contribution < 1.29 is 4.79 Å². The van der Waals surface area contributed by atoms with E-state index in [1.807, 2.05) is 12.1 Å². The van der Waals surface area contributed by atoms with E-state index in [0.29, 0.717) is 13.0 Å². The van der Waals surface area contributed by atoms with E-state index in [-0.39, 0.29) is 18.3 Å². The second-order valence-corrected chi connectivity index (χ2v) is 5.17. The summed E-state index contributed by atoms with van der Waals surface area (Å²) in [6, 6.07) is 3.86. The number of rotatable bonds is 5. The molecule has 3 nitrogen and oxygen atoms in total. The Balaban J connectivity index is 0.00000180. The number of carbonyl (C=O) groups is 1. The van der Waals surface area contributed by atoms with Gasteiger partial charge in [-0.1, -0.05) is 32.1 Å². The highest BCUT2D eigenvalue weighted by Gasteiger charge is 2.14. The van der Waals surface area contributed by atoms with Gasteiger partial charge in [0.15, 0.2) is 0 Å². The summed E-state index contributed by atoms with van der Waals surface area (Å²) in [5.74, 6) is 0.961. The standard InChI is InChI=1S/C15H22N2O.ClH/c18-15(7-6-13-4-2-1-3-5-13)17-12-14-8-10-16-11-9-14;/h8-11,13H,1-7,12H2,(H,17,18);1H. The second-order valence-electron chi connectivity index (χ2n) is 5.17. The molecule has 0 unspecified atom stereocenters. The van der Waals surface area contributed by atoms with Crippen LogP contribution in [-0.2, 0) is 11.3 Å². The maximum absolute atomic E-state index is 11.7. The molecule has 1 aliphatic carbocycles. The van der Waals surface area contributed by atoms with Crippen molar-refractivity contribution in [2.75, 3.05) is 0 Å². The molecular weight excluding hydrogens is 260 g/mol. The fourth-order valence-electron chi connectivity index (χ4n) is 2.60. The SMILES string of the molecule is Cl.O=C(CCC1CCCCC1)NCc1ccncc1. The van der Waals surface area contributed by atoms with Crippen LogP contribution in [0.3, 0.4) is 0 Å². The highest BCUT2D eigenvalue weighted by Crippen LogP contribution is 2.27. The minimum Gasteiger partial charge on any atom is -0.352 e. The molecule has 1 saturated carbocycles. The molecule has 4 heteroatoms. The molecule has 19 heavy (non-hydrogen) atoms. The molecule has 0 spiro atoms. The highest BCUT2D eigenvalue weighted by molar-refractivity contribution is 5.85. The molecule has 2 rings (SSSR count). The quantitative estimate of drug-likeness (QED) is 0.898. The molecule has 0 atom stereocenters. The Kier molecular flexibility index (Phi) is 7.49. The predicted octanol–water partition coefficient (Wildman–Crippen LogP) is 3.48. The van der Waals surface area contributed by atoms with E-state index in [1.165, 1.54) is 32.1 Å². The summed E-state index contributed by atoms with van der Waals surface area (Å²) < 4.78 is 0. The number of aromatic nitrogens is 1. The van der Waals surface area contributed by atoms with E-state index in [0.717, 1.165) is 17.9 Å². The van der Waals surface area contributed by atoms with Gasteiger partial charge in [0, 0.05) is 25.4 Å². The maximum atomic E-state index is 11.7. The normalized spacial score (nSPS) is 15.6. The second kappa shape index (κ2) is 8.92. The fourth-order valence-corrected chi connectivity index (χ4v) is 2.60. The Labute approximate surface area is 121 Å². The van der Waals surface area contributed by atoms with Gasteiger partial charge in [0.1, 0.15) is 0 Å². The first-order valence-electron chi connectivity index (χ1n) is 7.00. The third-order valence-corrected chi connectivity index (χ3v) is 3.74. The molecule has 0 radical (unpaired) electrons. The van der Waals surface area contributed by atoms with Crippen molar-refractivity contribution in [3.63, 3.8) is 0 Å². The Morgan fingerprint density at radius 3 is 2.58 bits per heavy atom. The average Bonchev–Trinajstić information content (AvgIpc) is 2.45. The molecule has 1 aromatic heterocycles. The first-order valence-corrected chi connectivity index (χ1v) is 7.00. The van der Waals surface area contributed by atoms with Gasteiger partial charge in [-0.15, -0.1) is 12.4 Å². The lowest BCUT2D eigenvalue weighted by Crippen LogP contribution is -2.23. The van der Waals surface area contributed by atoms with Crippen molar-refractivity contribution in [2.24, 2.45) is 5.92 Å². The third kappa shape index (κ3) is 6.06. The zero-order valence-electron chi connectivity index (χ0n) is 11.3. The number of halogens is 1. The number of amides is 1. The minimum atomic E-state index is 0. The van der Waals surface area contributed by atoms with Crippen molar-refractivity contribution >= 4 is 18.3 Å². The molecule has 1 aromatic rings. The molecule has 1 heterocycles. The molecule has 106 valence electrons. The van der Waals surface area contributed by atoms with E-state index < -0.39 is 0 Å². The highest BCUT2D eigenvalue weighted by atomic mass is 35.5. The van der Waals surface area contributed by atoms with Gasteiger partial charge in [-0.25, -0.2) is 0 Å². The number of hydrogen-bond donors (Lipinski definition) is 1. The van der Waals surface area contributed by atoms with Crippen molar-refractivity contribution in [1.29, 1.82) is 0 Å². The molecule has 0 saturated heterocycles. The summed E-state index contributed by atoms with van der Waals surface area (Å²) in [5.41, 5.74) is 1.11. The summed E-state index contributed by atoms with van der Waals surface area (Å²) in [7, 11) is 0. The van der Waals surface area contributed by atoms with Gasteiger partial charge in [-0.05, 0) is 30.0 Å². The van der Waals surface area contributed by atoms with Crippen molar-refractivity contribution in [3.05, 3.63) is 30.1 Å². The molecule has 1 fully saturated rings. The molecule has 1 aliphatic rings. The summed E-state index contributed by atoms with van der Waals surface area (Å²) in [6.07, 6.45) is 12.0. The Morgan fingerprint density at radius 1 is 1.21 bits per heavy atom. The van der Waals surface area contributed by atoms with Crippen LogP contribution < -0.4 is 5.32 Å². The first-order chi connectivity index (χ1) is 8.84. The molecule has 1 N–H and O–H groups in total. The van der Waals surface area contributed by atoms with Gasteiger partial charge in [-0.3, -0.25) is 9.78 Å². The van der Waals surface area contributed by atoms with Crippen LogP contribution >= 0.6 is 12.4 Å². The molecule has 0 aliphatic heterocycles. The number of carbonyl (C=O) groups excluding carboxylic acids is 1. The number of pyridine rings is 1. The van der Waals surface area contributed by atoms with Crippen molar-refractivity contribution in [3.8, 4) is 0 Å². The maximum Gasteiger partial charge on any atom is 0.220 e.